The molecule has 0 unspecified atom stereocenters. The van der Waals surface area contributed by atoms with E-state index in [1.165, 1.54) is 18.5 Å². The van der Waals surface area contributed by atoms with Gasteiger partial charge in [-0.3, -0.25) is 9.78 Å². The van der Waals surface area contributed by atoms with Crippen molar-refractivity contribution < 1.29 is 9.18 Å². The van der Waals surface area contributed by atoms with Crippen LogP contribution in [0.4, 0.5) is 4.39 Å². The van der Waals surface area contributed by atoms with Crippen molar-refractivity contribution in [2.24, 2.45) is 0 Å². The first-order valence-electron chi connectivity index (χ1n) is 7.14. The lowest BCUT2D eigenvalue weighted by atomic mass is 10.1. The summed E-state index contributed by atoms with van der Waals surface area (Å²) in [5.41, 5.74) is 1.21. The quantitative estimate of drug-likeness (QED) is 0.761. The maximum atomic E-state index is 13.0. The van der Waals surface area contributed by atoms with Crippen LogP contribution in [0.1, 0.15) is 42.4 Å². The van der Waals surface area contributed by atoms with Crippen LogP contribution >= 0.6 is 0 Å². The molecule has 0 saturated carbocycles. The lowest BCUT2D eigenvalue weighted by Gasteiger charge is -2.31. The highest BCUT2D eigenvalue weighted by Gasteiger charge is 2.23. The molecule has 0 aliphatic carbocycles. The molecule has 118 valence electrons. The molecule has 2 aromatic heterocycles. The van der Waals surface area contributed by atoms with Crippen molar-refractivity contribution in [1.29, 1.82) is 0 Å². The molecule has 2 rings (SSSR count). The normalized spacial score (nSPS) is 10.7. The molecular formula is C18H18FN3O. The van der Waals surface area contributed by atoms with Gasteiger partial charge < -0.3 is 4.90 Å². The summed E-state index contributed by atoms with van der Waals surface area (Å²) in [6.07, 6.45) is 4.14. The van der Waals surface area contributed by atoms with Crippen LogP contribution in [-0.2, 0) is 0 Å². The summed E-state index contributed by atoms with van der Waals surface area (Å²) in [5, 5.41) is 0. The number of hydrogen-bond acceptors (Lipinski definition) is 3. The van der Waals surface area contributed by atoms with E-state index >= 15 is 0 Å². The van der Waals surface area contributed by atoms with Crippen LogP contribution in [0.2, 0.25) is 0 Å². The van der Waals surface area contributed by atoms with Gasteiger partial charge in [0.05, 0.1) is 6.20 Å². The smallest absolute Gasteiger partial charge is 0.272 e. The lowest BCUT2D eigenvalue weighted by molar-refractivity contribution is 0.0649. The number of hydrogen-bond donors (Lipinski definition) is 0. The largest absolute Gasteiger partial charge is 0.336 e. The third-order valence-electron chi connectivity index (χ3n) is 3.35. The van der Waals surface area contributed by atoms with Crippen molar-refractivity contribution in [2.75, 3.05) is 7.05 Å². The molecule has 0 spiro atoms. The molecule has 23 heavy (non-hydrogen) atoms. The van der Waals surface area contributed by atoms with Crippen LogP contribution < -0.4 is 0 Å². The minimum atomic E-state index is -0.430. The summed E-state index contributed by atoms with van der Waals surface area (Å²) in [5.74, 6) is 5.10. The third-order valence-corrected chi connectivity index (χ3v) is 3.35. The minimum Gasteiger partial charge on any atom is -0.336 e. The number of carbonyl (C=O) groups is 1. The van der Waals surface area contributed by atoms with Crippen LogP contribution in [0.15, 0.2) is 36.8 Å². The maximum absolute atomic E-state index is 13.0. The van der Waals surface area contributed by atoms with Crippen molar-refractivity contribution in [3.05, 3.63) is 59.4 Å². The van der Waals surface area contributed by atoms with E-state index < -0.39 is 5.82 Å². The fraction of sp³-hybridized carbons (Fsp3) is 0.278. The van der Waals surface area contributed by atoms with Gasteiger partial charge in [0.2, 0.25) is 0 Å². The average Bonchev–Trinajstić information content (AvgIpc) is 2.51. The van der Waals surface area contributed by atoms with Gasteiger partial charge in [-0.25, -0.2) is 9.37 Å². The second-order valence-electron chi connectivity index (χ2n) is 6.11. The lowest BCUT2D eigenvalue weighted by Crippen LogP contribution is -2.42. The first kappa shape index (κ1) is 16.6. The number of nitrogens with zero attached hydrogens (tertiary/aromatic N) is 3. The van der Waals surface area contributed by atoms with E-state index in [1.54, 1.807) is 24.1 Å². The van der Waals surface area contributed by atoms with Gasteiger partial charge in [-0.05, 0) is 39.0 Å². The summed E-state index contributed by atoms with van der Waals surface area (Å²) in [7, 11) is 1.74. The number of carbonyl (C=O) groups excluding carboxylic acids is 1. The highest BCUT2D eigenvalue weighted by atomic mass is 19.1. The number of pyridine rings is 2. The Morgan fingerprint density at radius 2 is 1.83 bits per heavy atom. The van der Waals surface area contributed by atoms with Crippen molar-refractivity contribution in [3.63, 3.8) is 0 Å². The molecule has 2 heterocycles. The second kappa shape index (κ2) is 6.57. The number of rotatable bonds is 1. The highest BCUT2D eigenvalue weighted by molar-refractivity contribution is 5.92. The summed E-state index contributed by atoms with van der Waals surface area (Å²) in [6.45, 7) is 5.87. The topological polar surface area (TPSA) is 46.1 Å². The van der Waals surface area contributed by atoms with Crippen molar-refractivity contribution in [1.82, 2.24) is 14.9 Å². The molecule has 0 aliphatic heterocycles. The summed E-state index contributed by atoms with van der Waals surface area (Å²) in [6, 6.07) is 4.67. The van der Waals surface area contributed by atoms with E-state index in [2.05, 4.69) is 21.8 Å². The maximum Gasteiger partial charge on any atom is 0.272 e. The zero-order valence-electron chi connectivity index (χ0n) is 13.6. The summed E-state index contributed by atoms with van der Waals surface area (Å²) >= 11 is 0. The fourth-order valence-electron chi connectivity index (χ4n) is 1.70. The molecule has 1 amide bonds. The van der Waals surface area contributed by atoms with Crippen molar-refractivity contribution in [3.8, 4) is 11.8 Å². The zero-order chi connectivity index (χ0) is 17.0. The predicted molar refractivity (Wildman–Crippen MR) is 86.3 cm³/mol. The number of aromatic nitrogens is 2. The van der Waals surface area contributed by atoms with Gasteiger partial charge in [0.25, 0.3) is 5.91 Å². The van der Waals surface area contributed by atoms with E-state index in [4.69, 9.17) is 0 Å². The average molecular weight is 311 g/mol. The Labute approximate surface area is 135 Å². The molecule has 5 heteroatoms. The second-order valence-corrected chi connectivity index (χ2v) is 6.11. The zero-order valence-corrected chi connectivity index (χ0v) is 13.6. The monoisotopic (exact) mass is 311 g/mol. The molecule has 0 fully saturated rings. The first-order chi connectivity index (χ1) is 10.8. The van der Waals surface area contributed by atoms with Gasteiger partial charge in [0.15, 0.2) is 0 Å². The fourth-order valence-corrected chi connectivity index (χ4v) is 1.70. The molecule has 0 saturated heterocycles. The standard InChI is InChI=1S/C18H18FN3O/c1-18(2,3)22(4)17(23)16-8-7-13(11-21-16)5-6-14-9-15(19)12-20-10-14/h7-12H,1-4H3. The molecule has 0 aliphatic rings. The Morgan fingerprint density at radius 3 is 2.39 bits per heavy atom. The third kappa shape index (κ3) is 4.36. The van der Waals surface area contributed by atoms with E-state index in [0.29, 0.717) is 16.8 Å². The molecule has 4 nitrogen and oxygen atoms in total. The SMILES string of the molecule is CN(C(=O)c1ccc(C#Cc2cncc(F)c2)cn1)C(C)(C)C. The Morgan fingerprint density at radius 1 is 1.13 bits per heavy atom. The van der Waals surface area contributed by atoms with E-state index in [9.17, 15) is 9.18 Å². The van der Waals surface area contributed by atoms with Crippen LogP contribution in [0.3, 0.4) is 0 Å². The molecule has 0 bridgehead atoms. The number of amides is 1. The van der Waals surface area contributed by atoms with E-state index in [-0.39, 0.29) is 11.4 Å². The molecule has 0 atom stereocenters. The van der Waals surface area contributed by atoms with Crippen LogP contribution in [0.5, 0.6) is 0 Å². The van der Waals surface area contributed by atoms with Crippen LogP contribution in [0.25, 0.3) is 0 Å². The Bertz CT molecular complexity index is 767. The molecule has 0 radical (unpaired) electrons. The van der Waals surface area contributed by atoms with Gasteiger partial charge in [-0.2, -0.15) is 0 Å². The Kier molecular flexibility index (Phi) is 4.75. The minimum absolute atomic E-state index is 0.147. The number of halogens is 1. The first-order valence-corrected chi connectivity index (χ1v) is 7.14. The molecule has 0 aromatic carbocycles. The summed E-state index contributed by atoms with van der Waals surface area (Å²) < 4.78 is 13.0. The van der Waals surface area contributed by atoms with Crippen molar-refractivity contribution >= 4 is 5.91 Å². The van der Waals surface area contributed by atoms with E-state index in [1.807, 2.05) is 20.8 Å². The van der Waals surface area contributed by atoms with Gasteiger partial charge in [-0.15, -0.1) is 0 Å². The summed E-state index contributed by atoms with van der Waals surface area (Å²) in [4.78, 5) is 21.8. The highest BCUT2D eigenvalue weighted by Crippen LogP contribution is 2.14. The molecule has 0 N–H and O–H groups in total. The van der Waals surface area contributed by atoms with Gasteiger partial charge in [0, 0.05) is 36.1 Å². The van der Waals surface area contributed by atoms with E-state index in [0.717, 1.165) is 6.20 Å². The molecule has 2 aromatic rings. The van der Waals surface area contributed by atoms with Crippen LogP contribution in [-0.4, -0.2) is 33.4 Å². The Balaban J connectivity index is 2.16. The van der Waals surface area contributed by atoms with Gasteiger partial charge in [0.1, 0.15) is 11.5 Å². The predicted octanol–water partition coefficient (Wildman–Crippen LogP) is 2.89. The van der Waals surface area contributed by atoms with Crippen molar-refractivity contribution in [2.45, 2.75) is 26.3 Å². The van der Waals surface area contributed by atoms with Crippen LogP contribution in [0, 0.1) is 17.7 Å². The molecular weight excluding hydrogens is 293 g/mol. The van der Waals surface area contributed by atoms with Gasteiger partial charge in [-0.1, -0.05) is 11.8 Å². The Hall–Kier alpha value is -2.74. The van der Waals surface area contributed by atoms with Gasteiger partial charge >= 0.3 is 0 Å².